The van der Waals surface area contributed by atoms with Crippen molar-refractivity contribution in [3.05, 3.63) is 59.3 Å². The molecule has 1 atom stereocenters. The van der Waals surface area contributed by atoms with Crippen molar-refractivity contribution in [3.8, 4) is 0 Å². The van der Waals surface area contributed by atoms with Crippen LogP contribution in [-0.2, 0) is 4.74 Å². The second kappa shape index (κ2) is 5.67. The average Bonchev–Trinajstić information content (AvgIpc) is 2.90. The van der Waals surface area contributed by atoms with Crippen LogP contribution in [0, 0.1) is 5.82 Å². The van der Waals surface area contributed by atoms with E-state index in [4.69, 9.17) is 4.42 Å². The summed E-state index contributed by atoms with van der Waals surface area (Å²) in [5, 5.41) is 3.06. The van der Waals surface area contributed by atoms with Gasteiger partial charge in [-0.1, -0.05) is 12.1 Å². The predicted molar refractivity (Wildman–Crippen MR) is 67.4 cm³/mol. The Labute approximate surface area is 110 Å². The molecule has 1 N–H and O–H groups in total. The molecule has 1 heterocycles. The zero-order valence-electron chi connectivity index (χ0n) is 10.6. The summed E-state index contributed by atoms with van der Waals surface area (Å²) in [7, 11) is 3.05. The molecular weight excluding hydrogens is 249 g/mol. The molecule has 0 saturated carbocycles. The molecule has 1 aromatic carbocycles. The van der Waals surface area contributed by atoms with E-state index >= 15 is 0 Å². The standard InChI is InChI=1S/C14H14FNO3/c1-16-13(9-3-5-10(15)6-4-9)11-7-8-12(19-11)14(17)18-2/h3-8,13,16H,1-2H3. The second-order valence-electron chi connectivity index (χ2n) is 3.97. The number of methoxy groups -OCH3 is 1. The van der Waals surface area contributed by atoms with Crippen molar-refractivity contribution in [1.82, 2.24) is 5.32 Å². The number of halogens is 1. The fourth-order valence-corrected chi connectivity index (χ4v) is 1.85. The molecule has 1 unspecified atom stereocenters. The molecule has 2 aromatic rings. The number of hydrogen-bond donors (Lipinski definition) is 1. The van der Waals surface area contributed by atoms with Crippen molar-refractivity contribution < 1.29 is 18.3 Å². The highest BCUT2D eigenvalue weighted by molar-refractivity contribution is 5.86. The Balaban J connectivity index is 2.29. The fourth-order valence-electron chi connectivity index (χ4n) is 1.85. The molecule has 0 amide bonds. The van der Waals surface area contributed by atoms with Gasteiger partial charge in [-0.3, -0.25) is 0 Å². The Bertz CT molecular complexity index is 562. The van der Waals surface area contributed by atoms with Gasteiger partial charge in [-0.15, -0.1) is 0 Å². The van der Waals surface area contributed by atoms with Gasteiger partial charge in [0.1, 0.15) is 11.6 Å². The molecular formula is C14H14FNO3. The Kier molecular flexibility index (Phi) is 3.97. The molecule has 19 heavy (non-hydrogen) atoms. The zero-order valence-corrected chi connectivity index (χ0v) is 10.6. The summed E-state index contributed by atoms with van der Waals surface area (Å²) in [6, 6.07) is 9.08. The molecule has 5 heteroatoms. The maximum absolute atomic E-state index is 12.9. The van der Waals surface area contributed by atoms with Gasteiger partial charge in [0.2, 0.25) is 5.76 Å². The molecule has 2 rings (SSSR count). The minimum absolute atomic E-state index is 0.139. The molecule has 0 aliphatic carbocycles. The second-order valence-corrected chi connectivity index (χ2v) is 3.97. The lowest BCUT2D eigenvalue weighted by Crippen LogP contribution is -2.17. The first-order chi connectivity index (χ1) is 9.15. The highest BCUT2D eigenvalue weighted by Gasteiger charge is 2.18. The predicted octanol–water partition coefficient (Wildman–Crippen LogP) is 2.51. The summed E-state index contributed by atoms with van der Waals surface area (Å²) in [6.45, 7) is 0. The van der Waals surface area contributed by atoms with E-state index in [1.54, 1.807) is 31.3 Å². The maximum atomic E-state index is 12.9. The normalized spacial score (nSPS) is 12.2. The van der Waals surface area contributed by atoms with Crippen LogP contribution in [0.5, 0.6) is 0 Å². The van der Waals surface area contributed by atoms with E-state index < -0.39 is 5.97 Å². The van der Waals surface area contributed by atoms with Gasteiger partial charge >= 0.3 is 5.97 Å². The van der Waals surface area contributed by atoms with E-state index in [9.17, 15) is 9.18 Å². The minimum Gasteiger partial charge on any atom is -0.463 e. The molecule has 0 fully saturated rings. The van der Waals surface area contributed by atoms with Crippen LogP contribution in [0.4, 0.5) is 4.39 Å². The minimum atomic E-state index is -0.528. The van der Waals surface area contributed by atoms with E-state index in [0.29, 0.717) is 5.76 Å². The maximum Gasteiger partial charge on any atom is 0.373 e. The first kappa shape index (κ1) is 13.3. The molecule has 0 bridgehead atoms. The first-order valence-electron chi connectivity index (χ1n) is 5.76. The molecule has 0 spiro atoms. The highest BCUT2D eigenvalue weighted by atomic mass is 19.1. The molecule has 0 aliphatic heterocycles. The van der Waals surface area contributed by atoms with Gasteiger partial charge in [0.15, 0.2) is 0 Å². The van der Waals surface area contributed by atoms with Gasteiger partial charge in [0, 0.05) is 0 Å². The molecule has 1 aromatic heterocycles. The van der Waals surface area contributed by atoms with E-state index in [1.807, 2.05) is 0 Å². The summed E-state index contributed by atoms with van der Waals surface area (Å²) in [5.74, 6) is -0.122. The lowest BCUT2D eigenvalue weighted by molar-refractivity contribution is 0.0562. The summed E-state index contributed by atoms with van der Waals surface area (Å²) >= 11 is 0. The zero-order chi connectivity index (χ0) is 13.8. The van der Waals surface area contributed by atoms with Gasteiger partial charge in [0.25, 0.3) is 0 Å². The van der Waals surface area contributed by atoms with Gasteiger partial charge in [-0.05, 0) is 36.9 Å². The summed E-state index contributed by atoms with van der Waals surface area (Å²) in [5.41, 5.74) is 0.842. The van der Waals surface area contributed by atoms with E-state index in [-0.39, 0.29) is 17.6 Å². The summed E-state index contributed by atoms with van der Waals surface area (Å²) in [4.78, 5) is 11.3. The monoisotopic (exact) mass is 263 g/mol. The quantitative estimate of drug-likeness (QED) is 0.861. The Morgan fingerprint density at radius 3 is 2.53 bits per heavy atom. The molecule has 0 aliphatic rings. The van der Waals surface area contributed by atoms with Gasteiger partial charge < -0.3 is 14.5 Å². The number of carbonyl (C=O) groups excluding carboxylic acids is 1. The molecule has 0 saturated heterocycles. The molecule has 0 radical (unpaired) electrons. The van der Waals surface area contributed by atoms with Crippen molar-refractivity contribution in [2.24, 2.45) is 0 Å². The number of esters is 1. The number of nitrogens with one attached hydrogen (secondary N) is 1. The van der Waals surface area contributed by atoms with Crippen LogP contribution in [0.3, 0.4) is 0 Å². The number of hydrogen-bond acceptors (Lipinski definition) is 4. The molecule has 100 valence electrons. The van der Waals surface area contributed by atoms with E-state index in [0.717, 1.165) is 5.56 Å². The van der Waals surface area contributed by atoms with Crippen LogP contribution >= 0.6 is 0 Å². The topological polar surface area (TPSA) is 51.5 Å². The van der Waals surface area contributed by atoms with Crippen LogP contribution in [0.15, 0.2) is 40.8 Å². The SMILES string of the molecule is CNC(c1ccc(F)cc1)c1ccc(C(=O)OC)o1. The van der Waals surface area contributed by atoms with E-state index in [2.05, 4.69) is 10.1 Å². The Morgan fingerprint density at radius 1 is 1.26 bits per heavy atom. The van der Waals surface area contributed by atoms with Crippen LogP contribution < -0.4 is 5.32 Å². The van der Waals surface area contributed by atoms with Crippen LogP contribution in [0.2, 0.25) is 0 Å². The Hall–Kier alpha value is -2.14. The van der Waals surface area contributed by atoms with Crippen LogP contribution in [0.25, 0.3) is 0 Å². The van der Waals surface area contributed by atoms with Gasteiger partial charge in [0.05, 0.1) is 13.2 Å². The number of carbonyl (C=O) groups is 1. The molecule has 4 nitrogen and oxygen atoms in total. The van der Waals surface area contributed by atoms with Crippen molar-refractivity contribution in [3.63, 3.8) is 0 Å². The average molecular weight is 263 g/mol. The smallest absolute Gasteiger partial charge is 0.373 e. The van der Waals surface area contributed by atoms with Crippen molar-refractivity contribution >= 4 is 5.97 Å². The van der Waals surface area contributed by atoms with Gasteiger partial charge in [-0.25, -0.2) is 9.18 Å². The highest BCUT2D eigenvalue weighted by Crippen LogP contribution is 2.24. The fraction of sp³-hybridized carbons (Fsp3) is 0.214. The number of ether oxygens (including phenoxy) is 1. The van der Waals surface area contributed by atoms with Gasteiger partial charge in [-0.2, -0.15) is 0 Å². The van der Waals surface area contributed by atoms with Crippen LogP contribution in [-0.4, -0.2) is 20.1 Å². The number of benzene rings is 1. The largest absolute Gasteiger partial charge is 0.463 e. The summed E-state index contributed by atoms with van der Waals surface area (Å²) in [6.07, 6.45) is 0. The third-order valence-electron chi connectivity index (χ3n) is 2.79. The van der Waals surface area contributed by atoms with Crippen molar-refractivity contribution in [2.45, 2.75) is 6.04 Å². The lowest BCUT2D eigenvalue weighted by atomic mass is 10.1. The van der Waals surface area contributed by atoms with E-state index in [1.165, 1.54) is 19.2 Å². The number of furan rings is 1. The first-order valence-corrected chi connectivity index (χ1v) is 5.76. The third kappa shape index (κ3) is 2.82. The lowest BCUT2D eigenvalue weighted by Gasteiger charge is -2.13. The van der Waals surface area contributed by atoms with Crippen LogP contribution in [0.1, 0.15) is 27.9 Å². The van der Waals surface area contributed by atoms with Crippen molar-refractivity contribution in [2.75, 3.05) is 14.2 Å². The van der Waals surface area contributed by atoms with Crippen molar-refractivity contribution in [1.29, 1.82) is 0 Å². The number of rotatable bonds is 4. The summed E-state index contributed by atoms with van der Waals surface area (Å²) < 4.78 is 22.9. The third-order valence-corrected chi connectivity index (χ3v) is 2.79. The Morgan fingerprint density at radius 2 is 1.95 bits per heavy atom.